The van der Waals surface area contributed by atoms with Gasteiger partial charge in [-0.05, 0) is 25.7 Å². The van der Waals surface area contributed by atoms with Crippen LogP contribution in [-0.2, 0) is 11.3 Å². The molecule has 0 bridgehead atoms. The quantitative estimate of drug-likeness (QED) is 0.573. The maximum absolute atomic E-state index is 12.8. The van der Waals surface area contributed by atoms with Crippen LogP contribution in [0.2, 0.25) is 0 Å². The molecule has 0 aromatic rings. The van der Waals surface area contributed by atoms with E-state index in [1.54, 1.807) is 0 Å². The Morgan fingerprint density at radius 3 is 1.60 bits per heavy atom. The first-order valence-corrected chi connectivity index (χ1v) is 7.82. The van der Waals surface area contributed by atoms with Crippen molar-refractivity contribution in [3.63, 3.8) is 0 Å². The monoisotopic (exact) mass is 410 g/mol. The van der Waals surface area contributed by atoms with Crippen molar-refractivity contribution in [1.29, 1.82) is 0 Å². The molecule has 0 amide bonds. The normalized spacial score (nSPS) is 25.3. The Morgan fingerprint density at radius 2 is 1.32 bits per heavy atom. The molecule has 1 atom stereocenters. The summed E-state index contributed by atoms with van der Waals surface area (Å²) in [5, 5.41) is 9.26. The van der Waals surface area contributed by atoms with Crippen molar-refractivity contribution in [2.24, 2.45) is 5.92 Å². The molecule has 0 spiro atoms. The van der Waals surface area contributed by atoms with Gasteiger partial charge in [-0.2, -0.15) is 39.5 Å². The fourth-order valence-electron chi connectivity index (χ4n) is 2.89. The van der Waals surface area contributed by atoms with Gasteiger partial charge in [0.15, 0.2) is 0 Å². The Balaban J connectivity index is 2.94. The summed E-state index contributed by atoms with van der Waals surface area (Å²) in [6.07, 6.45) is -20.2. The van der Waals surface area contributed by atoms with Crippen LogP contribution in [-0.4, -0.2) is 54.9 Å². The first-order chi connectivity index (χ1) is 11.0. The molecule has 1 unspecified atom stereocenters. The highest BCUT2D eigenvalue weighted by atomic mass is 32.2. The Kier molecular flexibility index (Phi) is 6.46. The smallest absolute Gasteiger partial charge is 0.426 e. The molecule has 4 nitrogen and oxygen atoms in total. The minimum absolute atomic E-state index is 0.0591. The van der Waals surface area contributed by atoms with E-state index in [1.807, 2.05) is 0 Å². The molecule has 0 aromatic carbocycles. The zero-order chi connectivity index (χ0) is 19.8. The SMILES string of the molecule is O=S([O-])N(CC(F)(F)F)C1CCC(C(O)(C(F)(F)F)C(F)(F)F)CC1. The summed E-state index contributed by atoms with van der Waals surface area (Å²) in [5.74, 6) is -2.34. The van der Waals surface area contributed by atoms with Gasteiger partial charge in [0.1, 0.15) is 6.54 Å². The van der Waals surface area contributed by atoms with Crippen molar-refractivity contribution in [1.82, 2.24) is 4.31 Å². The largest absolute Gasteiger partial charge is 0.760 e. The van der Waals surface area contributed by atoms with E-state index in [1.165, 1.54) is 0 Å². The van der Waals surface area contributed by atoms with Gasteiger partial charge in [0.05, 0.1) is 0 Å². The molecule has 1 N–H and O–H groups in total. The van der Waals surface area contributed by atoms with Gasteiger partial charge in [-0.3, -0.25) is 4.21 Å². The lowest BCUT2D eigenvalue weighted by Crippen LogP contribution is -2.62. The van der Waals surface area contributed by atoms with Crippen LogP contribution in [0.15, 0.2) is 0 Å². The lowest BCUT2D eigenvalue weighted by Gasteiger charge is -2.44. The maximum atomic E-state index is 12.8. The number of nitrogens with zero attached hydrogens (tertiary/aromatic N) is 1. The van der Waals surface area contributed by atoms with Crippen LogP contribution in [0, 0.1) is 5.92 Å². The highest BCUT2D eigenvalue weighted by Crippen LogP contribution is 2.51. The van der Waals surface area contributed by atoms with Crippen LogP contribution in [0.25, 0.3) is 0 Å². The van der Waals surface area contributed by atoms with Crippen LogP contribution in [0.1, 0.15) is 25.7 Å². The van der Waals surface area contributed by atoms with Crippen LogP contribution in [0.4, 0.5) is 39.5 Å². The molecule has 0 radical (unpaired) electrons. The van der Waals surface area contributed by atoms with Crippen molar-refractivity contribution in [3.8, 4) is 0 Å². The van der Waals surface area contributed by atoms with Crippen molar-refractivity contribution < 1.29 is 53.4 Å². The van der Waals surface area contributed by atoms with Crippen LogP contribution in [0.3, 0.4) is 0 Å². The number of aliphatic hydroxyl groups is 1. The Morgan fingerprint density at radius 1 is 0.920 bits per heavy atom. The molecular formula is C11H13F9NO3S-. The number of halogens is 9. The summed E-state index contributed by atoms with van der Waals surface area (Å²) in [4.78, 5) is 0. The van der Waals surface area contributed by atoms with E-state index in [9.17, 15) is 53.4 Å². The van der Waals surface area contributed by atoms with Crippen molar-refractivity contribution >= 4 is 11.3 Å². The summed E-state index contributed by atoms with van der Waals surface area (Å²) in [6, 6.07) is -1.40. The molecule has 1 rings (SSSR count). The maximum Gasteiger partial charge on any atom is 0.426 e. The van der Waals surface area contributed by atoms with Gasteiger partial charge in [0.25, 0.3) is 5.60 Å². The van der Waals surface area contributed by atoms with Gasteiger partial charge in [0, 0.05) is 23.2 Å². The molecule has 25 heavy (non-hydrogen) atoms. The fraction of sp³-hybridized carbons (Fsp3) is 1.00. The second-order valence-corrected chi connectivity index (χ2v) is 6.58. The van der Waals surface area contributed by atoms with Gasteiger partial charge in [-0.15, -0.1) is 0 Å². The molecule has 150 valence electrons. The van der Waals surface area contributed by atoms with Gasteiger partial charge in [-0.25, -0.2) is 4.31 Å². The van der Waals surface area contributed by atoms with Crippen molar-refractivity contribution in [2.45, 2.75) is 55.9 Å². The molecule has 0 aliphatic heterocycles. The lowest BCUT2D eigenvalue weighted by atomic mass is 9.74. The summed E-state index contributed by atoms with van der Waals surface area (Å²) in [5.41, 5.74) is -5.00. The standard InChI is InChI=1S/C11H14F9NO3S/c12-8(13,14)5-21(25(23)24)7-3-1-6(2-4-7)9(22,10(15,16)17)11(18,19)20/h6-7,22H,1-5H2,(H,23,24)/p-1. The van der Waals surface area contributed by atoms with Crippen LogP contribution < -0.4 is 0 Å². The average molecular weight is 410 g/mol. The van der Waals surface area contributed by atoms with E-state index in [2.05, 4.69) is 0 Å². The number of alkyl halides is 9. The lowest BCUT2D eigenvalue weighted by molar-refractivity contribution is -0.387. The molecule has 0 aromatic heterocycles. The van der Waals surface area contributed by atoms with E-state index in [-0.39, 0.29) is 4.31 Å². The minimum Gasteiger partial charge on any atom is -0.760 e. The molecule has 1 aliphatic carbocycles. The summed E-state index contributed by atoms with van der Waals surface area (Å²) < 4.78 is 135. The number of hydrogen-bond acceptors (Lipinski definition) is 3. The fourth-order valence-corrected chi connectivity index (χ4v) is 3.59. The number of hydrogen-bond donors (Lipinski definition) is 1. The summed E-state index contributed by atoms with van der Waals surface area (Å²) in [7, 11) is 0. The zero-order valence-corrected chi connectivity index (χ0v) is 13.0. The van der Waals surface area contributed by atoms with Gasteiger partial charge >= 0.3 is 18.5 Å². The first kappa shape index (κ1) is 22.4. The molecule has 0 saturated heterocycles. The van der Waals surface area contributed by atoms with Gasteiger partial charge in [0.2, 0.25) is 0 Å². The van der Waals surface area contributed by atoms with Crippen molar-refractivity contribution in [2.75, 3.05) is 6.54 Å². The Labute approximate surface area is 138 Å². The third-order valence-electron chi connectivity index (χ3n) is 4.09. The molecule has 1 aliphatic rings. The van der Waals surface area contributed by atoms with Crippen LogP contribution >= 0.6 is 0 Å². The second kappa shape index (κ2) is 7.19. The van der Waals surface area contributed by atoms with Crippen molar-refractivity contribution in [3.05, 3.63) is 0 Å². The highest BCUT2D eigenvalue weighted by molar-refractivity contribution is 7.76. The van der Waals surface area contributed by atoms with E-state index in [0.717, 1.165) is 0 Å². The van der Waals surface area contributed by atoms with E-state index in [0.29, 0.717) is 0 Å². The van der Waals surface area contributed by atoms with Gasteiger partial charge in [-0.1, -0.05) is 0 Å². The molecule has 1 fully saturated rings. The van der Waals surface area contributed by atoms with E-state index < -0.39 is 79.6 Å². The third kappa shape index (κ3) is 4.98. The second-order valence-electron chi connectivity index (χ2n) is 5.67. The number of rotatable bonds is 4. The molecule has 1 saturated carbocycles. The minimum atomic E-state index is -6.03. The van der Waals surface area contributed by atoms with Crippen LogP contribution in [0.5, 0.6) is 0 Å². The topological polar surface area (TPSA) is 63.6 Å². The highest BCUT2D eigenvalue weighted by Gasteiger charge is 2.73. The Bertz CT molecular complexity index is 469. The average Bonchev–Trinajstić information content (AvgIpc) is 2.40. The molecular weight excluding hydrogens is 397 g/mol. The van der Waals surface area contributed by atoms with Gasteiger partial charge < -0.3 is 9.66 Å². The molecule has 14 heteroatoms. The zero-order valence-electron chi connectivity index (χ0n) is 12.2. The Hall–Kier alpha value is -0.600. The van der Waals surface area contributed by atoms with E-state index >= 15 is 0 Å². The predicted molar refractivity (Wildman–Crippen MR) is 64.5 cm³/mol. The summed E-state index contributed by atoms with van der Waals surface area (Å²) >= 11 is -3.36. The summed E-state index contributed by atoms with van der Waals surface area (Å²) in [6.45, 7) is -1.90. The third-order valence-corrected chi connectivity index (χ3v) is 4.90. The first-order valence-electron chi connectivity index (χ1n) is 6.79. The van der Waals surface area contributed by atoms with E-state index in [4.69, 9.17) is 0 Å². The molecule has 0 heterocycles. The predicted octanol–water partition coefficient (Wildman–Crippen LogP) is 3.06.